The molecule has 0 aliphatic carbocycles. The zero-order valence-electron chi connectivity index (χ0n) is 17.0. The smallest absolute Gasteiger partial charge is 0.128 e. The maximum Gasteiger partial charge on any atom is 0.128 e. The summed E-state index contributed by atoms with van der Waals surface area (Å²) in [7, 11) is 0. The van der Waals surface area contributed by atoms with E-state index in [1.807, 2.05) is 6.20 Å². The van der Waals surface area contributed by atoms with Crippen LogP contribution in [-0.2, 0) is 6.42 Å². The van der Waals surface area contributed by atoms with Crippen LogP contribution in [0.5, 0.6) is 0 Å². The molecule has 1 N–H and O–H groups in total. The zero-order chi connectivity index (χ0) is 19.9. The maximum atomic E-state index is 4.91. The first-order valence-electron chi connectivity index (χ1n) is 10.8. The molecule has 0 unspecified atom stereocenters. The second-order valence-electron chi connectivity index (χ2n) is 8.21. The van der Waals surface area contributed by atoms with Crippen molar-refractivity contribution in [3.05, 3.63) is 78.2 Å². The Bertz CT molecular complexity index is 1170. The molecule has 2 aliphatic rings. The van der Waals surface area contributed by atoms with Crippen LogP contribution in [-0.4, -0.2) is 40.7 Å². The number of rotatable bonds is 3. The highest BCUT2D eigenvalue weighted by Crippen LogP contribution is 2.36. The third-order valence-corrected chi connectivity index (χ3v) is 6.42. The normalized spacial score (nSPS) is 18.7. The Morgan fingerprint density at radius 1 is 0.900 bits per heavy atom. The average Bonchev–Trinajstić information content (AvgIpc) is 3.39. The lowest BCUT2D eigenvalue weighted by Crippen LogP contribution is -2.43. The summed E-state index contributed by atoms with van der Waals surface area (Å²) in [6.45, 7) is 4.08. The number of aryl methyl sites for hydroxylation is 1. The minimum atomic E-state index is 0.370. The molecule has 1 saturated heterocycles. The standard InChI is InChI=1S/C25H25N5/c1-2-4-18(5-3-1)22-9-11-25-28-21-8-6-19(16-23(21)30(22)25)20-7-10-24(27-17-20)29-14-12-26-13-15-29/h1-8,10,16-17,22,26H,9,11-15H2/t22-/m1/s1. The molecule has 2 aliphatic heterocycles. The van der Waals surface area contributed by atoms with E-state index in [2.05, 4.69) is 75.4 Å². The van der Waals surface area contributed by atoms with Gasteiger partial charge >= 0.3 is 0 Å². The van der Waals surface area contributed by atoms with Gasteiger partial charge in [-0.2, -0.15) is 0 Å². The van der Waals surface area contributed by atoms with E-state index in [1.54, 1.807) is 0 Å². The van der Waals surface area contributed by atoms with E-state index in [-0.39, 0.29) is 0 Å². The Morgan fingerprint density at radius 3 is 2.53 bits per heavy atom. The summed E-state index contributed by atoms with van der Waals surface area (Å²) in [6.07, 6.45) is 4.16. The van der Waals surface area contributed by atoms with Gasteiger partial charge in [-0.15, -0.1) is 0 Å². The average molecular weight is 396 g/mol. The molecule has 1 atom stereocenters. The summed E-state index contributed by atoms with van der Waals surface area (Å²) in [5.41, 5.74) is 6.02. The summed E-state index contributed by atoms with van der Waals surface area (Å²) in [5.74, 6) is 2.26. The second-order valence-corrected chi connectivity index (χ2v) is 8.21. The number of aromatic nitrogens is 3. The number of nitrogens with zero attached hydrogens (tertiary/aromatic N) is 4. The number of hydrogen-bond donors (Lipinski definition) is 1. The van der Waals surface area contributed by atoms with Crippen LogP contribution in [0, 0.1) is 0 Å². The first kappa shape index (κ1) is 17.7. The van der Waals surface area contributed by atoms with Gasteiger partial charge in [-0.3, -0.25) is 0 Å². The van der Waals surface area contributed by atoms with E-state index in [9.17, 15) is 0 Å². The van der Waals surface area contributed by atoms with Gasteiger partial charge in [0.1, 0.15) is 11.6 Å². The molecule has 150 valence electrons. The van der Waals surface area contributed by atoms with E-state index in [0.717, 1.165) is 55.9 Å². The van der Waals surface area contributed by atoms with Crippen molar-refractivity contribution in [2.45, 2.75) is 18.9 Å². The Morgan fingerprint density at radius 2 is 1.73 bits per heavy atom. The van der Waals surface area contributed by atoms with Crippen molar-refractivity contribution < 1.29 is 0 Å². The molecule has 30 heavy (non-hydrogen) atoms. The van der Waals surface area contributed by atoms with Gasteiger partial charge in [0, 0.05) is 44.4 Å². The summed E-state index contributed by atoms with van der Waals surface area (Å²) in [5, 5.41) is 3.39. The fourth-order valence-electron chi connectivity index (χ4n) is 4.87. The van der Waals surface area contributed by atoms with Gasteiger partial charge in [0.2, 0.25) is 0 Å². The Balaban J connectivity index is 1.36. The van der Waals surface area contributed by atoms with Gasteiger partial charge in [-0.1, -0.05) is 36.4 Å². The lowest BCUT2D eigenvalue weighted by molar-refractivity contribution is 0.585. The third kappa shape index (κ3) is 2.97. The van der Waals surface area contributed by atoms with Gasteiger partial charge in [0.25, 0.3) is 0 Å². The molecule has 4 aromatic rings. The predicted octanol–water partition coefficient (Wildman–Crippen LogP) is 4.04. The largest absolute Gasteiger partial charge is 0.354 e. The number of anilines is 1. The van der Waals surface area contributed by atoms with Crippen molar-refractivity contribution in [1.29, 1.82) is 0 Å². The minimum absolute atomic E-state index is 0.370. The van der Waals surface area contributed by atoms with Crippen molar-refractivity contribution in [2.24, 2.45) is 0 Å². The van der Waals surface area contributed by atoms with Crippen LogP contribution >= 0.6 is 0 Å². The van der Waals surface area contributed by atoms with Crippen LogP contribution < -0.4 is 10.2 Å². The number of nitrogens with one attached hydrogen (secondary N) is 1. The summed E-state index contributed by atoms with van der Waals surface area (Å²) in [6, 6.07) is 22.1. The van der Waals surface area contributed by atoms with Crippen molar-refractivity contribution in [2.75, 3.05) is 31.1 Å². The summed E-state index contributed by atoms with van der Waals surface area (Å²) in [4.78, 5) is 12.0. The van der Waals surface area contributed by atoms with Crippen molar-refractivity contribution in [1.82, 2.24) is 19.9 Å². The molecule has 5 nitrogen and oxygen atoms in total. The van der Waals surface area contributed by atoms with E-state index in [4.69, 9.17) is 9.97 Å². The lowest BCUT2D eigenvalue weighted by Gasteiger charge is -2.28. The van der Waals surface area contributed by atoms with E-state index in [1.165, 1.54) is 22.5 Å². The highest BCUT2D eigenvalue weighted by atomic mass is 15.2. The summed E-state index contributed by atoms with van der Waals surface area (Å²) >= 11 is 0. The van der Waals surface area contributed by atoms with Gasteiger partial charge in [-0.05, 0) is 41.8 Å². The number of benzene rings is 2. The van der Waals surface area contributed by atoms with Crippen molar-refractivity contribution in [3.63, 3.8) is 0 Å². The van der Waals surface area contributed by atoms with E-state index >= 15 is 0 Å². The fraction of sp³-hybridized carbons (Fsp3) is 0.280. The fourth-order valence-corrected chi connectivity index (χ4v) is 4.87. The number of hydrogen-bond acceptors (Lipinski definition) is 4. The first-order valence-corrected chi connectivity index (χ1v) is 10.8. The van der Waals surface area contributed by atoms with E-state index in [0.29, 0.717) is 6.04 Å². The van der Waals surface area contributed by atoms with Crippen LogP contribution in [0.15, 0.2) is 66.9 Å². The van der Waals surface area contributed by atoms with E-state index < -0.39 is 0 Å². The maximum absolute atomic E-state index is 4.91. The summed E-state index contributed by atoms with van der Waals surface area (Å²) < 4.78 is 2.44. The molecule has 2 aromatic heterocycles. The third-order valence-electron chi connectivity index (χ3n) is 6.42. The van der Waals surface area contributed by atoms with Gasteiger partial charge in [0.15, 0.2) is 0 Å². The predicted molar refractivity (Wildman–Crippen MR) is 121 cm³/mol. The molecule has 0 spiro atoms. The van der Waals surface area contributed by atoms with Crippen LogP contribution in [0.3, 0.4) is 0 Å². The second kappa shape index (κ2) is 7.26. The Labute approximate surface area is 176 Å². The van der Waals surface area contributed by atoms with Crippen LogP contribution in [0.25, 0.3) is 22.2 Å². The monoisotopic (exact) mass is 395 g/mol. The molecular weight excluding hydrogens is 370 g/mol. The quantitative estimate of drug-likeness (QED) is 0.569. The molecule has 0 saturated carbocycles. The highest BCUT2D eigenvalue weighted by Gasteiger charge is 2.27. The lowest BCUT2D eigenvalue weighted by atomic mass is 10.0. The highest BCUT2D eigenvalue weighted by molar-refractivity contribution is 5.83. The molecule has 1 fully saturated rings. The number of imidazole rings is 1. The molecular formula is C25H25N5. The molecule has 0 radical (unpaired) electrons. The van der Waals surface area contributed by atoms with Crippen molar-refractivity contribution >= 4 is 16.9 Å². The SMILES string of the molecule is c1ccc([C@H]2CCc3nc4ccc(-c5ccc(N6CCNCC6)nc5)cc4n32)cc1. The molecule has 2 aromatic carbocycles. The van der Waals surface area contributed by atoms with Crippen LogP contribution in [0.1, 0.15) is 23.9 Å². The molecule has 4 heterocycles. The number of piperazine rings is 1. The van der Waals surface area contributed by atoms with Gasteiger partial charge < -0.3 is 14.8 Å². The van der Waals surface area contributed by atoms with Gasteiger partial charge in [0.05, 0.1) is 17.1 Å². The number of fused-ring (bicyclic) bond motifs is 3. The first-order chi connectivity index (χ1) is 14.9. The van der Waals surface area contributed by atoms with Crippen molar-refractivity contribution in [3.8, 4) is 11.1 Å². The zero-order valence-corrected chi connectivity index (χ0v) is 17.0. The van der Waals surface area contributed by atoms with Crippen LogP contribution in [0.2, 0.25) is 0 Å². The molecule has 0 amide bonds. The Hall–Kier alpha value is -3.18. The minimum Gasteiger partial charge on any atom is -0.354 e. The molecule has 6 rings (SSSR count). The number of pyridine rings is 1. The van der Waals surface area contributed by atoms with Crippen LogP contribution in [0.4, 0.5) is 5.82 Å². The molecule has 5 heteroatoms. The Kier molecular flexibility index (Phi) is 4.27. The topological polar surface area (TPSA) is 46.0 Å². The molecule has 0 bridgehead atoms. The van der Waals surface area contributed by atoms with Gasteiger partial charge in [-0.25, -0.2) is 9.97 Å².